The molecule has 5 heteroatoms. The van der Waals surface area contributed by atoms with Crippen molar-refractivity contribution in [2.24, 2.45) is 0 Å². The fourth-order valence-electron chi connectivity index (χ4n) is 2.66. The van der Waals surface area contributed by atoms with Gasteiger partial charge in [-0.1, -0.05) is 19.1 Å². The van der Waals surface area contributed by atoms with Gasteiger partial charge >= 0.3 is 0 Å². The maximum absolute atomic E-state index is 14.4. The second kappa shape index (κ2) is 7.73. The second-order valence-electron chi connectivity index (χ2n) is 5.56. The summed E-state index contributed by atoms with van der Waals surface area (Å²) in [5.74, 6) is -0.212. The highest BCUT2D eigenvalue weighted by atomic mass is 19.1. The number of benzene rings is 1. The van der Waals surface area contributed by atoms with E-state index >= 15 is 0 Å². The van der Waals surface area contributed by atoms with E-state index in [0.717, 1.165) is 18.5 Å². The molecule has 0 spiro atoms. The maximum Gasteiger partial charge on any atom is 0.146 e. The topological polar surface area (TPSA) is 44.7 Å². The van der Waals surface area contributed by atoms with Crippen molar-refractivity contribution in [2.75, 3.05) is 31.2 Å². The average molecular weight is 296 g/mol. The fraction of sp³-hybridized carbons (Fsp3) is 0.625. The number of hydrogen-bond acceptors (Lipinski definition) is 4. The molecule has 0 aliphatic carbocycles. The SMILES string of the molecule is CCCNCc1cccc(F)c1N1CC(CO)OCC1C. The third-order valence-electron chi connectivity index (χ3n) is 3.81. The predicted molar refractivity (Wildman–Crippen MR) is 82.0 cm³/mol. The van der Waals surface area contributed by atoms with Gasteiger partial charge in [0.15, 0.2) is 0 Å². The summed E-state index contributed by atoms with van der Waals surface area (Å²) in [6.45, 7) is 6.66. The largest absolute Gasteiger partial charge is 0.394 e. The Morgan fingerprint density at radius 2 is 2.29 bits per heavy atom. The van der Waals surface area contributed by atoms with Crippen LogP contribution in [-0.2, 0) is 11.3 Å². The van der Waals surface area contributed by atoms with Crippen molar-refractivity contribution in [1.29, 1.82) is 0 Å². The van der Waals surface area contributed by atoms with Gasteiger partial charge in [0.2, 0.25) is 0 Å². The summed E-state index contributed by atoms with van der Waals surface area (Å²) in [4.78, 5) is 2.02. The van der Waals surface area contributed by atoms with Crippen molar-refractivity contribution in [2.45, 2.75) is 39.0 Å². The minimum absolute atomic E-state index is 0.0406. The monoisotopic (exact) mass is 296 g/mol. The van der Waals surface area contributed by atoms with Crippen LogP contribution in [0.4, 0.5) is 10.1 Å². The molecular weight excluding hydrogens is 271 g/mol. The van der Waals surface area contributed by atoms with Crippen LogP contribution < -0.4 is 10.2 Å². The standard InChI is InChI=1S/C16H25FN2O2/c1-3-7-18-8-13-5-4-6-15(17)16(13)19-9-14(10-20)21-11-12(19)2/h4-6,12,14,18,20H,3,7-11H2,1-2H3. The number of morpholine rings is 1. The molecule has 1 aliphatic rings. The Kier molecular flexibility index (Phi) is 5.96. The van der Waals surface area contributed by atoms with E-state index in [1.54, 1.807) is 6.07 Å². The van der Waals surface area contributed by atoms with Gasteiger partial charge < -0.3 is 20.1 Å². The number of halogens is 1. The number of aliphatic hydroxyl groups excluding tert-OH is 1. The molecule has 1 aliphatic heterocycles. The van der Waals surface area contributed by atoms with Crippen LogP contribution in [0, 0.1) is 5.82 Å². The Hall–Kier alpha value is -1.17. The third kappa shape index (κ3) is 3.93. The molecule has 2 rings (SSSR count). The second-order valence-corrected chi connectivity index (χ2v) is 5.56. The van der Waals surface area contributed by atoms with E-state index < -0.39 is 0 Å². The Morgan fingerprint density at radius 3 is 3.00 bits per heavy atom. The number of para-hydroxylation sites is 1. The Balaban J connectivity index is 2.23. The van der Waals surface area contributed by atoms with Crippen LogP contribution in [-0.4, -0.2) is 43.6 Å². The van der Waals surface area contributed by atoms with Gasteiger partial charge in [-0.05, 0) is 31.5 Å². The lowest BCUT2D eigenvalue weighted by atomic mass is 10.1. The number of nitrogens with zero attached hydrogens (tertiary/aromatic N) is 1. The van der Waals surface area contributed by atoms with Crippen molar-refractivity contribution in [3.63, 3.8) is 0 Å². The summed E-state index contributed by atoms with van der Waals surface area (Å²) in [6, 6.07) is 5.29. The molecule has 1 aromatic rings. The van der Waals surface area contributed by atoms with Crippen molar-refractivity contribution in [3.8, 4) is 0 Å². The lowest BCUT2D eigenvalue weighted by Crippen LogP contribution is -2.50. The van der Waals surface area contributed by atoms with E-state index in [4.69, 9.17) is 4.74 Å². The summed E-state index contributed by atoms with van der Waals surface area (Å²) in [6.07, 6.45) is 0.794. The first kappa shape index (κ1) is 16.2. The first-order valence-electron chi connectivity index (χ1n) is 7.64. The van der Waals surface area contributed by atoms with Gasteiger partial charge in [-0.15, -0.1) is 0 Å². The molecular formula is C16H25FN2O2. The summed E-state index contributed by atoms with van der Waals surface area (Å²) in [5, 5.41) is 12.6. The molecule has 0 amide bonds. The zero-order valence-electron chi connectivity index (χ0n) is 12.8. The van der Waals surface area contributed by atoms with E-state index in [2.05, 4.69) is 12.2 Å². The highest BCUT2D eigenvalue weighted by molar-refractivity contribution is 5.56. The van der Waals surface area contributed by atoms with Gasteiger partial charge in [0.05, 0.1) is 25.0 Å². The Morgan fingerprint density at radius 1 is 1.48 bits per heavy atom. The molecule has 21 heavy (non-hydrogen) atoms. The minimum atomic E-state index is -0.253. The molecule has 1 fully saturated rings. The number of nitrogens with one attached hydrogen (secondary N) is 1. The van der Waals surface area contributed by atoms with Gasteiger partial charge in [0.25, 0.3) is 0 Å². The van der Waals surface area contributed by atoms with Crippen molar-refractivity contribution >= 4 is 5.69 Å². The summed E-state index contributed by atoms with van der Waals surface area (Å²) in [5.41, 5.74) is 1.59. The van der Waals surface area contributed by atoms with Crippen molar-refractivity contribution in [1.82, 2.24) is 5.32 Å². The van der Waals surface area contributed by atoms with E-state index in [9.17, 15) is 9.50 Å². The molecule has 0 aromatic heterocycles. The average Bonchev–Trinajstić information content (AvgIpc) is 2.49. The van der Waals surface area contributed by atoms with Crippen LogP contribution in [0.5, 0.6) is 0 Å². The predicted octanol–water partition coefficient (Wildman–Crippen LogP) is 1.91. The van der Waals surface area contributed by atoms with Crippen LogP contribution in [0.3, 0.4) is 0 Å². The van der Waals surface area contributed by atoms with Crippen LogP contribution in [0.2, 0.25) is 0 Å². The maximum atomic E-state index is 14.4. The normalized spacial score (nSPS) is 22.6. The molecule has 0 saturated carbocycles. The van der Waals surface area contributed by atoms with E-state index in [1.807, 2.05) is 17.9 Å². The number of hydrogen-bond donors (Lipinski definition) is 2. The number of ether oxygens (including phenoxy) is 1. The summed E-state index contributed by atoms with van der Waals surface area (Å²) in [7, 11) is 0. The first-order valence-corrected chi connectivity index (χ1v) is 7.64. The Bertz CT molecular complexity index is 456. The van der Waals surface area contributed by atoms with Crippen molar-refractivity contribution in [3.05, 3.63) is 29.6 Å². The molecule has 1 aromatic carbocycles. The molecule has 1 saturated heterocycles. The molecule has 2 N–H and O–H groups in total. The highest BCUT2D eigenvalue weighted by Gasteiger charge is 2.28. The van der Waals surface area contributed by atoms with Gasteiger partial charge in [0, 0.05) is 19.1 Å². The quantitative estimate of drug-likeness (QED) is 0.787. The molecule has 4 nitrogen and oxygen atoms in total. The van der Waals surface area contributed by atoms with Gasteiger partial charge in [-0.2, -0.15) is 0 Å². The van der Waals surface area contributed by atoms with Gasteiger partial charge in [-0.3, -0.25) is 0 Å². The van der Waals surface area contributed by atoms with Gasteiger partial charge in [0.1, 0.15) is 5.82 Å². The van der Waals surface area contributed by atoms with E-state index in [1.165, 1.54) is 6.07 Å². The summed E-state index contributed by atoms with van der Waals surface area (Å²) < 4.78 is 19.9. The summed E-state index contributed by atoms with van der Waals surface area (Å²) >= 11 is 0. The highest BCUT2D eigenvalue weighted by Crippen LogP contribution is 2.29. The molecule has 2 atom stereocenters. The molecule has 0 radical (unpaired) electrons. The van der Waals surface area contributed by atoms with Crippen LogP contribution in [0.25, 0.3) is 0 Å². The molecule has 118 valence electrons. The first-order chi connectivity index (χ1) is 10.2. The molecule has 1 heterocycles. The zero-order valence-corrected chi connectivity index (χ0v) is 12.8. The van der Waals surface area contributed by atoms with E-state index in [-0.39, 0.29) is 24.6 Å². The lowest BCUT2D eigenvalue weighted by molar-refractivity contribution is -0.0105. The third-order valence-corrected chi connectivity index (χ3v) is 3.81. The smallest absolute Gasteiger partial charge is 0.146 e. The van der Waals surface area contributed by atoms with Crippen LogP contribution >= 0.6 is 0 Å². The molecule has 0 bridgehead atoms. The number of rotatable bonds is 6. The van der Waals surface area contributed by atoms with Crippen LogP contribution in [0.1, 0.15) is 25.8 Å². The van der Waals surface area contributed by atoms with Gasteiger partial charge in [-0.25, -0.2) is 4.39 Å². The fourth-order valence-corrected chi connectivity index (χ4v) is 2.66. The number of anilines is 1. The van der Waals surface area contributed by atoms with Crippen LogP contribution in [0.15, 0.2) is 18.2 Å². The zero-order chi connectivity index (χ0) is 15.2. The van der Waals surface area contributed by atoms with E-state index in [0.29, 0.717) is 25.4 Å². The lowest BCUT2D eigenvalue weighted by Gasteiger charge is -2.40. The van der Waals surface area contributed by atoms with Crippen molar-refractivity contribution < 1.29 is 14.2 Å². The number of aliphatic hydroxyl groups is 1. The Labute approximate surface area is 125 Å². The molecule has 2 unspecified atom stereocenters. The minimum Gasteiger partial charge on any atom is -0.394 e.